The second-order valence-electron chi connectivity index (χ2n) is 6.22. The fourth-order valence-corrected chi connectivity index (χ4v) is 1.83. The van der Waals surface area contributed by atoms with Crippen molar-refractivity contribution >= 4 is 0 Å². The Balaban J connectivity index is 2.10. The van der Waals surface area contributed by atoms with E-state index in [0.29, 0.717) is 11.9 Å². The summed E-state index contributed by atoms with van der Waals surface area (Å²) in [5.74, 6) is 0.632. The van der Waals surface area contributed by atoms with Crippen LogP contribution in [0.15, 0.2) is 12.3 Å². The minimum absolute atomic E-state index is 0.0633. The largest absolute Gasteiger partial charge is 0.405 e. The second kappa shape index (κ2) is 5.81. The third-order valence-corrected chi connectivity index (χ3v) is 3.02. The van der Waals surface area contributed by atoms with Crippen molar-refractivity contribution in [1.82, 2.24) is 25.1 Å². The Morgan fingerprint density at radius 3 is 2.52 bits per heavy atom. The quantitative estimate of drug-likeness (QED) is 0.937. The van der Waals surface area contributed by atoms with Crippen molar-refractivity contribution < 1.29 is 4.74 Å². The van der Waals surface area contributed by atoms with Gasteiger partial charge in [-0.25, -0.2) is 9.67 Å². The van der Waals surface area contributed by atoms with E-state index in [9.17, 15) is 0 Å². The Labute approximate surface area is 125 Å². The van der Waals surface area contributed by atoms with Crippen LogP contribution in [-0.2, 0) is 13.6 Å². The van der Waals surface area contributed by atoms with E-state index in [0.717, 1.165) is 23.5 Å². The number of nitrogens with one attached hydrogen (secondary N) is 1. The van der Waals surface area contributed by atoms with Gasteiger partial charge in [0.15, 0.2) is 0 Å². The number of rotatable bonds is 4. The zero-order valence-corrected chi connectivity index (χ0v) is 13.6. The molecule has 0 aromatic carbocycles. The molecule has 0 saturated heterocycles. The summed E-state index contributed by atoms with van der Waals surface area (Å²) in [6.07, 6.45) is 1.81. The maximum Gasteiger partial charge on any atom is 0.323 e. The summed E-state index contributed by atoms with van der Waals surface area (Å²) < 4.78 is 7.34. The molecule has 6 nitrogen and oxygen atoms in total. The van der Waals surface area contributed by atoms with Gasteiger partial charge in [-0.1, -0.05) is 0 Å². The molecular weight excluding hydrogens is 266 g/mol. The van der Waals surface area contributed by atoms with E-state index in [2.05, 4.69) is 41.2 Å². The molecule has 0 radical (unpaired) electrons. The summed E-state index contributed by atoms with van der Waals surface area (Å²) in [6.45, 7) is 11.0. The van der Waals surface area contributed by atoms with E-state index in [1.165, 1.54) is 0 Å². The Morgan fingerprint density at radius 2 is 2.00 bits per heavy atom. The van der Waals surface area contributed by atoms with Crippen LogP contribution in [0.2, 0.25) is 0 Å². The number of aromatic nitrogens is 4. The molecule has 2 aromatic rings. The lowest BCUT2D eigenvalue weighted by Gasteiger charge is -2.20. The van der Waals surface area contributed by atoms with Crippen LogP contribution in [0, 0.1) is 13.8 Å². The van der Waals surface area contributed by atoms with Gasteiger partial charge in [-0.05, 0) is 34.6 Å². The van der Waals surface area contributed by atoms with Crippen molar-refractivity contribution in [3.8, 4) is 11.9 Å². The lowest BCUT2D eigenvalue weighted by Crippen LogP contribution is -2.35. The molecule has 0 bridgehead atoms. The van der Waals surface area contributed by atoms with E-state index in [4.69, 9.17) is 4.74 Å². The first-order chi connectivity index (χ1) is 9.74. The van der Waals surface area contributed by atoms with E-state index < -0.39 is 0 Å². The van der Waals surface area contributed by atoms with Crippen molar-refractivity contribution in [2.75, 3.05) is 0 Å². The lowest BCUT2D eigenvalue weighted by molar-refractivity contribution is 0.394. The molecule has 2 heterocycles. The topological polar surface area (TPSA) is 64.9 Å². The zero-order chi connectivity index (χ0) is 15.6. The first-order valence-corrected chi connectivity index (χ1v) is 7.00. The highest BCUT2D eigenvalue weighted by Crippen LogP contribution is 2.19. The molecule has 21 heavy (non-hydrogen) atoms. The molecular formula is C15H23N5O. The van der Waals surface area contributed by atoms with Gasteiger partial charge in [0.25, 0.3) is 0 Å². The maximum atomic E-state index is 5.67. The Kier molecular flexibility index (Phi) is 4.27. The van der Waals surface area contributed by atoms with E-state index >= 15 is 0 Å². The van der Waals surface area contributed by atoms with Crippen LogP contribution in [0.4, 0.5) is 0 Å². The predicted octanol–water partition coefficient (Wildman–Crippen LogP) is 2.51. The third kappa shape index (κ3) is 4.26. The molecule has 0 aliphatic rings. The Bertz CT molecular complexity index is 627. The number of aryl methyl sites for hydroxylation is 3. The molecule has 0 unspecified atom stereocenters. The summed E-state index contributed by atoms with van der Waals surface area (Å²) in [7, 11) is 1.83. The molecule has 2 rings (SSSR count). The van der Waals surface area contributed by atoms with Gasteiger partial charge in [-0.2, -0.15) is 10.1 Å². The average molecular weight is 289 g/mol. The lowest BCUT2D eigenvalue weighted by atomic mass is 10.1. The molecule has 2 aromatic heterocycles. The van der Waals surface area contributed by atoms with Crippen LogP contribution in [-0.4, -0.2) is 25.3 Å². The molecule has 0 aliphatic carbocycles. The van der Waals surface area contributed by atoms with Crippen LogP contribution >= 0.6 is 0 Å². The standard InChI is InChI=1S/C15H23N5O/c1-10-7-13(20(6)19-10)21-14-16-8-12(11(2)18-14)9-17-15(3,4)5/h7-8,17H,9H2,1-6H3. The van der Waals surface area contributed by atoms with E-state index in [1.54, 1.807) is 10.9 Å². The number of ether oxygens (including phenoxy) is 1. The number of nitrogens with zero attached hydrogens (tertiary/aromatic N) is 4. The first kappa shape index (κ1) is 15.4. The fraction of sp³-hybridized carbons (Fsp3) is 0.533. The minimum Gasteiger partial charge on any atom is -0.405 e. The summed E-state index contributed by atoms with van der Waals surface area (Å²) in [4.78, 5) is 8.68. The fourth-order valence-electron chi connectivity index (χ4n) is 1.83. The molecule has 0 saturated carbocycles. The van der Waals surface area contributed by atoms with Gasteiger partial charge < -0.3 is 10.1 Å². The summed E-state index contributed by atoms with van der Waals surface area (Å²) in [5, 5.41) is 7.66. The van der Waals surface area contributed by atoms with Gasteiger partial charge >= 0.3 is 6.01 Å². The van der Waals surface area contributed by atoms with Gasteiger partial charge in [0.2, 0.25) is 5.88 Å². The molecule has 0 fully saturated rings. The monoisotopic (exact) mass is 289 g/mol. The van der Waals surface area contributed by atoms with Gasteiger partial charge in [-0.3, -0.25) is 0 Å². The molecule has 0 atom stereocenters. The van der Waals surface area contributed by atoms with Crippen LogP contribution in [0.1, 0.15) is 37.7 Å². The third-order valence-electron chi connectivity index (χ3n) is 3.02. The molecule has 0 aliphatic heterocycles. The molecule has 1 N–H and O–H groups in total. The predicted molar refractivity (Wildman–Crippen MR) is 81.4 cm³/mol. The Hall–Kier alpha value is -1.95. The van der Waals surface area contributed by atoms with Gasteiger partial charge in [0.05, 0.1) is 5.69 Å². The molecule has 0 spiro atoms. The number of hydrogen-bond donors (Lipinski definition) is 1. The highest BCUT2D eigenvalue weighted by atomic mass is 16.5. The van der Waals surface area contributed by atoms with Gasteiger partial charge in [0, 0.05) is 42.7 Å². The van der Waals surface area contributed by atoms with E-state index in [1.807, 2.05) is 27.0 Å². The SMILES string of the molecule is Cc1cc(Oc2ncc(CNC(C)(C)C)c(C)n2)n(C)n1. The summed E-state index contributed by atoms with van der Waals surface area (Å²) in [6, 6.07) is 2.20. The minimum atomic E-state index is 0.0633. The second-order valence-corrected chi connectivity index (χ2v) is 6.22. The summed E-state index contributed by atoms with van der Waals surface area (Å²) in [5.41, 5.74) is 2.94. The smallest absolute Gasteiger partial charge is 0.323 e. The van der Waals surface area contributed by atoms with Crippen LogP contribution < -0.4 is 10.1 Å². The first-order valence-electron chi connectivity index (χ1n) is 7.00. The van der Waals surface area contributed by atoms with Gasteiger partial charge in [0.1, 0.15) is 0 Å². The zero-order valence-electron chi connectivity index (χ0n) is 13.6. The molecule has 6 heteroatoms. The van der Waals surface area contributed by atoms with Crippen molar-refractivity contribution in [3.63, 3.8) is 0 Å². The molecule has 114 valence electrons. The van der Waals surface area contributed by atoms with Crippen molar-refractivity contribution in [2.24, 2.45) is 7.05 Å². The average Bonchev–Trinajstić information content (AvgIpc) is 2.65. The van der Waals surface area contributed by atoms with Crippen molar-refractivity contribution in [3.05, 3.63) is 29.2 Å². The van der Waals surface area contributed by atoms with E-state index in [-0.39, 0.29) is 5.54 Å². The highest BCUT2D eigenvalue weighted by Gasteiger charge is 2.12. The van der Waals surface area contributed by atoms with Crippen molar-refractivity contribution in [2.45, 2.75) is 46.7 Å². The molecule has 0 amide bonds. The van der Waals surface area contributed by atoms with Crippen LogP contribution in [0.5, 0.6) is 11.9 Å². The Morgan fingerprint density at radius 1 is 1.29 bits per heavy atom. The normalized spacial score (nSPS) is 11.7. The van der Waals surface area contributed by atoms with Crippen LogP contribution in [0.25, 0.3) is 0 Å². The highest BCUT2D eigenvalue weighted by molar-refractivity contribution is 5.22. The van der Waals surface area contributed by atoms with Crippen LogP contribution in [0.3, 0.4) is 0 Å². The summed E-state index contributed by atoms with van der Waals surface area (Å²) >= 11 is 0. The van der Waals surface area contributed by atoms with Crippen molar-refractivity contribution in [1.29, 1.82) is 0 Å². The maximum absolute atomic E-state index is 5.67. The van der Waals surface area contributed by atoms with Gasteiger partial charge in [-0.15, -0.1) is 0 Å². The number of hydrogen-bond acceptors (Lipinski definition) is 5.